The predicted octanol–water partition coefficient (Wildman–Crippen LogP) is 1.78. The van der Waals surface area contributed by atoms with Crippen LogP contribution in [0.25, 0.3) is 0 Å². The highest BCUT2D eigenvalue weighted by molar-refractivity contribution is 5.24. The van der Waals surface area contributed by atoms with Gasteiger partial charge in [0.25, 0.3) is 0 Å². The average molecular weight is 223 g/mol. The van der Waals surface area contributed by atoms with Gasteiger partial charge in [-0.1, -0.05) is 24.3 Å². The van der Waals surface area contributed by atoms with E-state index in [0.29, 0.717) is 6.61 Å². The second-order valence-electron chi connectivity index (χ2n) is 3.77. The number of rotatable bonds is 7. The Hall–Kier alpha value is -0.900. The standard InChI is InChI=1S/C13H21NO2/c1-14-9-8-11-4-6-12(7-5-11)13(16-3)10-15-2/h4-7,13-14H,8-10H2,1-3H3. The normalized spacial score (nSPS) is 12.7. The van der Waals surface area contributed by atoms with Crippen LogP contribution in [-0.4, -0.2) is 34.4 Å². The van der Waals surface area contributed by atoms with Gasteiger partial charge in [-0.3, -0.25) is 0 Å². The molecule has 1 rings (SSSR count). The maximum Gasteiger partial charge on any atom is 0.105 e. The van der Waals surface area contributed by atoms with Gasteiger partial charge in [-0.05, 0) is 31.1 Å². The van der Waals surface area contributed by atoms with E-state index in [0.717, 1.165) is 18.5 Å². The monoisotopic (exact) mass is 223 g/mol. The lowest BCUT2D eigenvalue weighted by molar-refractivity contribution is 0.0275. The van der Waals surface area contributed by atoms with E-state index in [-0.39, 0.29) is 6.10 Å². The van der Waals surface area contributed by atoms with E-state index in [1.54, 1.807) is 14.2 Å². The Morgan fingerprint density at radius 3 is 2.38 bits per heavy atom. The highest BCUT2D eigenvalue weighted by Crippen LogP contribution is 2.17. The Labute approximate surface area is 97.8 Å². The van der Waals surface area contributed by atoms with Gasteiger partial charge in [-0.2, -0.15) is 0 Å². The van der Waals surface area contributed by atoms with E-state index in [1.807, 2.05) is 7.05 Å². The summed E-state index contributed by atoms with van der Waals surface area (Å²) in [5.41, 5.74) is 2.50. The molecule has 0 amide bonds. The van der Waals surface area contributed by atoms with Crippen molar-refractivity contribution >= 4 is 0 Å². The Balaban J connectivity index is 2.61. The first kappa shape index (κ1) is 13.2. The fourth-order valence-electron chi connectivity index (χ4n) is 1.62. The molecule has 0 saturated heterocycles. The molecule has 1 unspecified atom stereocenters. The molecule has 0 radical (unpaired) electrons. The van der Waals surface area contributed by atoms with Gasteiger partial charge < -0.3 is 14.8 Å². The summed E-state index contributed by atoms with van der Waals surface area (Å²) in [5.74, 6) is 0. The molecule has 1 aromatic carbocycles. The van der Waals surface area contributed by atoms with Gasteiger partial charge in [0.05, 0.1) is 6.61 Å². The molecule has 0 spiro atoms. The first-order chi connectivity index (χ1) is 7.81. The number of hydrogen-bond acceptors (Lipinski definition) is 3. The Morgan fingerprint density at radius 2 is 1.88 bits per heavy atom. The van der Waals surface area contributed by atoms with Crippen molar-refractivity contribution in [1.82, 2.24) is 5.32 Å². The summed E-state index contributed by atoms with van der Waals surface area (Å²) in [5, 5.41) is 3.14. The zero-order chi connectivity index (χ0) is 11.8. The molecule has 1 N–H and O–H groups in total. The lowest BCUT2D eigenvalue weighted by Gasteiger charge is -2.15. The third kappa shape index (κ3) is 3.93. The van der Waals surface area contributed by atoms with Crippen molar-refractivity contribution in [1.29, 1.82) is 0 Å². The number of benzene rings is 1. The average Bonchev–Trinajstić information content (AvgIpc) is 2.34. The number of nitrogens with one attached hydrogen (secondary N) is 1. The van der Waals surface area contributed by atoms with Crippen LogP contribution in [0.2, 0.25) is 0 Å². The van der Waals surface area contributed by atoms with Gasteiger partial charge in [0.2, 0.25) is 0 Å². The maximum absolute atomic E-state index is 5.36. The molecular weight excluding hydrogens is 202 g/mol. The minimum atomic E-state index is 0.0309. The third-order valence-electron chi connectivity index (χ3n) is 2.62. The number of methoxy groups -OCH3 is 2. The highest BCUT2D eigenvalue weighted by atomic mass is 16.5. The molecule has 1 aromatic rings. The van der Waals surface area contributed by atoms with Crippen molar-refractivity contribution < 1.29 is 9.47 Å². The van der Waals surface area contributed by atoms with Gasteiger partial charge in [0.15, 0.2) is 0 Å². The minimum absolute atomic E-state index is 0.0309. The van der Waals surface area contributed by atoms with Crippen LogP contribution in [0.5, 0.6) is 0 Å². The van der Waals surface area contributed by atoms with Crippen molar-refractivity contribution in [3.05, 3.63) is 35.4 Å². The number of hydrogen-bond donors (Lipinski definition) is 1. The summed E-state index contributed by atoms with van der Waals surface area (Å²) >= 11 is 0. The van der Waals surface area contributed by atoms with E-state index < -0.39 is 0 Å². The molecule has 3 nitrogen and oxygen atoms in total. The largest absolute Gasteiger partial charge is 0.382 e. The van der Waals surface area contributed by atoms with Crippen molar-refractivity contribution in [3.8, 4) is 0 Å². The molecule has 0 aliphatic carbocycles. The van der Waals surface area contributed by atoms with Crippen LogP contribution in [0.4, 0.5) is 0 Å². The Bertz CT molecular complexity index is 284. The van der Waals surface area contributed by atoms with Gasteiger partial charge in [-0.25, -0.2) is 0 Å². The van der Waals surface area contributed by atoms with Crippen LogP contribution in [0.3, 0.4) is 0 Å². The molecule has 0 aliphatic rings. The molecule has 0 aromatic heterocycles. The topological polar surface area (TPSA) is 30.5 Å². The highest BCUT2D eigenvalue weighted by Gasteiger charge is 2.09. The fourth-order valence-corrected chi connectivity index (χ4v) is 1.62. The van der Waals surface area contributed by atoms with Gasteiger partial charge >= 0.3 is 0 Å². The number of likely N-dealkylation sites (N-methyl/N-ethyl adjacent to an activating group) is 1. The summed E-state index contributed by atoms with van der Waals surface area (Å²) in [6.45, 7) is 1.59. The molecule has 0 bridgehead atoms. The first-order valence-corrected chi connectivity index (χ1v) is 5.57. The van der Waals surface area contributed by atoms with Crippen molar-refractivity contribution in [3.63, 3.8) is 0 Å². The van der Waals surface area contributed by atoms with E-state index >= 15 is 0 Å². The smallest absolute Gasteiger partial charge is 0.105 e. The van der Waals surface area contributed by atoms with E-state index in [2.05, 4.69) is 29.6 Å². The molecule has 1 atom stereocenters. The quantitative estimate of drug-likeness (QED) is 0.764. The SMILES string of the molecule is CNCCc1ccc(C(COC)OC)cc1. The third-order valence-corrected chi connectivity index (χ3v) is 2.62. The van der Waals surface area contributed by atoms with Crippen LogP contribution < -0.4 is 5.32 Å². The summed E-state index contributed by atoms with van der Waals surface area (Å²) < 4.78 is 10.5. The fraction of sp³-hybridized carbons (Fsp3) is 0.538. The molecule has 0 fully saturated rings. The molecule has 90 valence electrons. The van der Waals surface area contributed by atoms with E-state index in [1.165, 1.54) is 5.56 Å². The van der Waals surface area contributed by atoms with Crippen LogP contribution >= 0.6 is 0 Å². The van der Waals surface area contributed by atoms with E-state index in [4.69, 9.17) is 9.47 Å². The Morgan fingerprint density at radius 1 is 1.19 bits per heavy atom. The lowest BCUT2D eigenvalue weighted by atomic mass is 10.1. The zero-order valence-corrected chi connectivity index (χ0v) is 10.3. The summed E-state index contributed by atoms with van der Waals surface area (Å²) in [4.78, 5) is 0. The summed E-state index contributed by atoms with van der Waals surface area (Å²) in [6.07, 6.45) is 1.09. The molecule has 0 saturated carbocycles. The number of ether oxygens (including phenoxy) is 2. The van der Waals surface area contributed by atoms with Crippen LogP contribution in [0.15, 0.2) is 24.3 Å². The minimum Gasteiger partial charge on any atom is -0.382 e. The second-order valence-corrected chi connectivity index (χ2v) is 3.77. The molecule has 3 heteroatoms. The zero-order valence-electron chi connectivity index (χ0n) is 10.3. The maximum atomic E-state index is 5.36. The first-order valence-electron chi connectivity index (χ1n) is 5.57. The molecular formula is C13H21NO2. The van der Waals surface area contributed by atoms with Crippen molar-refractivity contribution in [2.24, 2.45) is 0 Å². The molecule has 0 aliphatic heterocycles. The predicted molar refractivity (Wildman–Crippen MR) is 65.7 cm³/mol. The van der Waals surface area contributed by atoms with Crippen molar-refractivity contribution in [2.75, 3.05) is 34.4 Å². The summed E-state index contributed by atoms with van der Waals surface area (Å²) in [6, 6.07) is 8.51. The summed E-state index contributed by atoms with van der Waals surface area (Å²) in [7, 11) is 5.36. The molecule has 0 heterocycles. The van der Waals surface area contributed by atoms with Gasteiger partial charge in [0, 0.05) is 14.2 Å². The van der Waals surface area contributed by atoms with Crippen molar-refractivity contribution in [2.45, 2.75) is 12.5 Å². The van der Waals surface area contributed by atoms with E-state index in [9.17, 15) is 0 Å². The van der Waals surface area contributed by atoms with Crippen LogP contribution in [0, 0.1) is 0 Å². The van der Waals surface area contributed by atoms with Crippen LogP contribution in [0.1, 0.15) is 17.2 Å². The second kappa shape index (κ2) is 7.39. The molecule has 16 heavy (non-hydrogen) atoms. The Kier molecular flexibility index (Phi) is 6.08. The van der Waals surface area contributed by atoms with Gasteiger partial charge in [0.1, 0.15) is 6.10 Å². The van der Waals surface area contributed by atoms with Gasteiger partial charge in [-0.15, -0.1) is 0 Å². The van der Waals surface area contributed by atoms with Crippen LogP contribution in [-0.2, 0) is 15.9 Å². The lowest BCUT2D eigenvalue weighted by Crippen LogP contribution is -2.11.